The van der Waals surface area contributed by atoms with E-state index in [0.717, 1.165) is 0 Å². The lowest BCUT2D eigenvalue weighted by atomic mass is 10.0. The molecule has 1 aliphatic carbocycles. The Bertz CT molecular complexity index is 313. The van der Waals surface area contributed by atoms with Gasteiger partial charge < -0.3 is 15.4 Å². The fourth-order valence-corrected chi connectivity index (χ4v) is 2.93. The zero-order chi connectivity index (χ0) is 13.0. The molecule has 5 nitrogen and oxygen atoms in total. The van der Waals surface area contributed by atoms with Crippen molar-refractivity contribution >= 4 is 11.9 Å². The smallest absolute Gasteiger partial charge is 0.322 e. The number of carbonyl (C=O) groups is 2. The molecule has 1 amide bonds. The van der Waals surface area contributed by atoms with Gasteiger partial charge in [0, 0.05) is 19.0 Å². The molecule has 1 heterocycles. The van der Waals surface area contributed by atoms with Gasteiger partial charge in [-0.25, -0.2) is 0 Å². The summed E-state index contributed by atoms with van der Waals surface area (Å²) in [6.07, 6.45) is 6.14. The number of esters is 1. The Morgan fingerprint density at radius 2 is 2.06 bits per heavy atom. The summed E-state index contributed by atoms with van der Waals surface area (Å²) in [6, 6.07) is -0.213. The zero-order valence-corrected chi connectivity index (χ0v) is 10.9. The maximum absolute atomic E-state index is 11.8. The molecule has 102 valence electrons. The highest BCUT2D eigenvalue weighted by molar-refractivity contribution is 5.78. The molecule has 5 heteroatoms. The second-order valence-electron chi connectivity index (χ2n) is 5.34. The van der Waals surface area contributed by atoms with E-state index >= 15 is 0 Å². The molecule has 0 radical (unpaired) electrons. The summed E-state index contributed by atoms with van der Waals surface area (Å²) in [5.41, 5.74) is 0. The molecule has 1 aliphatic heterocycles. The van der Waals surface area contributed by atoms with Crippen LogP contribution in [0.2, 0.25) is 0 Å². The number of amides is 1. The van der Waals surface area contributed by atoms with Crippen LogP contribution in [0.5, 0.6) is 0 Å². The van der Waals surface area contributed by atoms with Crippen LogP contribution >= 0.6 is 0 Å². The maximum atomic E-state index is 11.8. The van der Waals surface area contributed by atoms with Crippen molar-refractivity contribution in [3.63, 3.8) is 0 Å². The van der Waals surface area contributed by atoms with Gasteiger partial charge in [0.25, 0.3) is 0 Å². The van der Waals surface area contributed by atoms with E-state index in [4.69, 9.17) is 0 Å². The van der Waals surface area contributed by atoms with Gasteiger partial charge in [-0.3, -0.25) is 9.59 Å². The summed E-state index contributed by atoms with van der Waals surface area (Å²) < 4.78 is 4.68. The SMILES string of the molecule is COC(=O)[C@@H]1C[C@H](NC(=O)CC2CCCC2)CN1. The number of hydrogen-bond donors (Lipinski definition) is 2. The average Bonchev–Trinajstić information content (AvgIpc) is 2.99. The van der Waals surface area contributed by atoms with Crippen LogP contribution in [0.4, 0.5) is 0 Å². The molecule has 0 unspecified atom stereocenters. The molecule has 0 aromatic rings. The van der Waals surface area contributed by atoms with Crippen molar-refractivity contribution in [3.05, 3.63) is 0 Å². The molecule has 0 aromatic heterocycles. The lowest BCUT2D eigenvalue weighted by molar-refractivity contribution is -0.142. The standard InChI is InChI=1S/C13H22N2O3/c1-18-13(17)11-7-10(8-14-11)15-12(16)6-9-4-2-3-5-9/h9-11,14H,2-8H2,1H3,(H,15,16)/t10-,11-/m0/s1. The predicted molar refractivity (Wildman–Crippen MR) is 66.9 cm³/mol. The topological polar surface area (TPSA) is 67.4 Å². The van der Waals surface area contributed by atoms with E-state index in [0.29, 0.717) is 25.3 Å². The molecule has 18 heavy (non-hydrogen) atoms. The first-order valence-electron chi connectivity index (χ1n) is 6.79. The summed E-state index contributed by atoms with van der Waals surface area (Å²) in [5, 5.41) is 6.07. The van der Waals surface area contributed by atoms with Crippen molar-refractivity contribution in [2.45, 2.75) is 50.6 Å². The summed E-state index contributed by atoms with van der Waals surface area (Å²) >= 11 is 0. The highest BCUT2D eigenvalue weighted by atomic mass is 16.5. The van der Waals surface area contributed by atoms with E-state index in [2.05, 4.69) is 15.4 Å². The summed E-state index contributed by atoms with van der Waals surface area (Å²) in [5.74, 6) is 0.442. The fraction of sp³-hybridized carbons (Fsp3) is 0.846. The average molecular weight is 254 g/mol. The van der Waals surface area contributed by atoms with Gasteiger partial charge in [-0.15, -0.1) is 0 Å². The number of ether oxygens (including phenoxy) is 1. The third-order valence-electron chi connectivity index (χ3n) is 3.93. The van der Waals surface area contributed by atoms with E-state index in [1.54, 1.807) is 0 Å². The molecule has 1 saturated heterocycles. The van der Waals surface area contributed by atoms with Crippen molar-refractivity contribution < 1.29 is 14.3 Å². The van der Waals surface area contributed by atoms with Crippen LogP contribution < -0.4 is 10.6 Å². The molecule has 0 bridgehead atoms. The second kappa shape index (κ2) is 6.18. The minimum absolute atomic E-state index is 0.0583. The van der Waals surface area contributed by atoms with Crippen molar-refractivity contribution in [3.8, 4) is 0 Å². The molecule has 2 atom stereocenters. The maximum Gasteiger partial charge on any atom is 0.322 e. The first kappa shape index (κ1) is 13.3. The summed E-state index contributed by atoms with van der Waals surface area (Å²) in [4.78, 5) is 23.2. The van der Waals surface area contributed by atoms with Crippen LogP contribution in [0.25, 0.3) is 0 Å². The number of hydrogen-bond acceptors (Lipinski definition) is 4. The largest absolute Gasteiger partial charge is 0.468 e. The molecule has 1 saturated carbocycles. The molecule has 2 N–H and O–H groups in total. The van der Waals surface area contributed by atoms with Crippen LogP contribution in [0.15, 0.2) is 0 Å². The van der Waals surface area contributed by atoms with E-state index < -0.39 is 0 Å². The molecule has 2 aliphatic rings. The van der Waals surface area contributed by atoms with Gasteiger partial charge in [-0.05, 0) is 25.2 Å². The van der Waals surface area contributed by atoms with Crippen LogP contribution in [-0.2, 0) is 14.3 Å². The number of methoxy groups -OCH3 is 1. The number of carbonyl (C=O) groups excluding carboxylic acids is 2. The highest BCUT2D eigenvalue weighted by Gasteiger charge is 2.31. The second-order valence-corrected chi connectivity index (χ2v) is 5.34. The van der Waals surface area contributed by atoms with Gasteiger partial charge in [-0.1, -0.05) is 12.8 Å². The molecule has 2 rings (SSSR count). The molecular weight excluding hydrogens is 232 g/mol. The summed E-state index contributed by atoms with van der Waals surface area (Å²) in [7, 11) is 1.38. The monoisotopic (exact) mass is 254 g/mol. The zero-order valence-electron chi connectivity index (χ0n) is 10.9. The Morgan fingerprint density at radius 3 is 2.72 bits per heavy atom. The third-order valence-corrected chi connectivity index (χ3v) is 3.93. The van der Waals surface area contributed by atoms with E-state index in [1.165, 1.54) is 32.8 Å². The summed E-state index contributed by atoms with van der Waals surface area (Å²) in [6.45, 7) is 0.649. The van der Waals surface area contributed by atoms with Crippen LogP contribution in [0.3, 0.4) is 0 Å². The first-order valence-corrected chi connectivity index (χ1v) is 6.79. The van der Waals surface area contributed by atoms with Crippen LogP contribution in [0.1, 0.15) is 38.5 Å². The van der Waals surface area contributed by atoms with Gasteiger partial charge in [0.15, 0.2) is 0 Å². The van der Waals surface area contributed by atoms with Crippen molar-refractivity contribution in [2.75, 3.05) is 13.7 Å². The van der Waals surface area contributed by atoms with Gasteiger partial charge in [0.1, 0.15) is 6.04 Å². The minimum atomic E-state index is -0.271. The van der Waals surface area contributed by atoms with E-state index in [-0.39, 0.29) is 24.0 Å². The first-order chi connectivity index (χ1) is 8.69. The quantitative estimate of drug-likeness (QED) is 0.720. The van der Waals surface area contributed by atoms with E-state index in [9.17, 15) is 9.59 Å². The minimum Gasteiger partial charge on any atom is -0.468 e. The molecular formula is C13H22N2O3. The van der Waals surface area contributed by atoms with Gasteiger partial charge in [-0.2, -0.15) is 0 Å². The number of rotatable bonds is 4. The highest BCUT2D eigenvalue weighted by Crippen LogP contribution is 2.27. The van der Waals surface area contributed by atoms with Gasteiger partial charge in [0.05, 0.1) is 7.11 Å². The van der Waals surface area contributed by atoms with Gasteiger partial charge in [0.2, 0.25) is 5.91 Å². The molecule has 0 spiro atoms. The Labute approximate surface area is 108 Å². The normalized spacial score (nSPS) is 28.3. The lowest BCUT2D eigenvalue weighted by Crippen LogP contribution is -2.36. The van der Waals surface area contributed by atoms with Crippen LogP contribution in [-0.4, -0.2) is 37.6 Å². The fourth-order valence-electron chi connectivity index (χ4n) is 2.93. The third kappa shape index (κ3) is 3.45. The van der Waals surface area contributed by atoms with Crippen molar-refractivity contribution in [1.82, 2.24) is 10.6 Å². The lowest BCUT2D eigenvalue weighted by Gasteiger charge is -2.14. The van der Waals surface area contributed by atoms with Crippen LogP contribution in [0, 0.1) is 5.92 Å². The Hall–Kier alpha value is -1.10. The Balaban J connectivity index is 1.70. The van der Waals surface area contributed by atoms with Gasteiger partial charge >= 0.3 is 5.97 Å². The predicted octanol–water partition coefficient (Wildman–Crippen LogP) is 0.586. The van der Waals surface area contributed by atoms with Crippen molar-refractivity contribution in [1.29, 1.82) is 0 Å². The van der Waals surface area contributed by atoms with E-state index in [1.807, 2.05) is 0 Å². The molecule has 0 aromatic carbocycles. The Kier molecular flexibility index (Phi) is 4.58. The Morgan fingerprint density at radius 1 is 1.33 bits per heavy atom. The number of nitrogens with one attached hydrogen (secondary N) is 2. The van der Waals surface area contributed by atoms with Crippen molar-refractivity contribution in [2.24, 2.45) is 5.92 Å². The molecule has 2 fully saturated rings.